The van der Waals surface area contributed by atoms with Gasteiger partial charge in [0.2, 0.25) is 0 Å². The molecule has 0 aliphatic rings. The molecule has 17 heavy (non-hydrogen) atoms. The first-order chi connectivity index (χ1) is 8.15. The molecule has 3 nitrogen and oxygen atoms in total. The van der Waals surface area contributed by atoms with Crippen molar-refractivity contribution < 1.29 is 4.79 Å². The van der Waals surface area contributed by atoms with Crippen LogP contribution in [0.1, 0.15) is 21.9 Å². The highest BCUT2D eigenvalue weighted by Crippen LogP contribution is 2.11. The lowest BCUT2D eigenvalue weighted by Gasteiger charge is -2.01. The molecule has 0 aliphatic carbocycles. The highest BCUT2D eigenvalue weighted by molar-refractivity contribution is 6.30. The largest absolute Gasteiger partial charge is 0.292 e. The van der Waals surface area contributed by atoms with Gasteiger partial charge in [-0.2, -0.15) is 0 Å². The Labute approximate surface area is 104 Å². The molecular weight excluding hydrogens is 236 g/mol. The summed E-state index contributed by atoms with van der Waals surface area (Å²) in [5.74, 6) is 0.588. The van der Waals surface area contributed by atoms with Gasteiger partial charge in [-0.15, -0.1) is 0 Å². The molecular formula is C13H11ClN2O. The molecule has 0 bridgehead atoms. The van der Waals surface area contributed by atoms with E-state index in [1.165, 1.54) is 0 Å². The van der Waals surface area contributed by atoms with E-state index < -0.39 is 0 Å². The normalized spacial score (nSPS) is 10.2. The summed E-state index contributed by atoms with van der Waals surface area (Å²) in [6.07, 6.45) is 1.92. The van der Waals surface area contributed by atoms with E-state index in [1.807, 2.05) is 12.1 Å². The minimum Gasteiger partial charge on any atom is -0.292 e. The van der Waals surface area contributed by atoms with Crippen LogP contribution < -0.4 is 0 Å². The Hall–Kier alpha value is -1.74. The molecule has 1 aromatic heterocycles. The monoisotopic (exact) mass is 246 g/mol. The summed E-state index contributed by atoms with van der Waals surface area (Å²) in [4.78, 5) is 20.0. The number of hydrogen-bond acceptors (Lipinski definition) is 3. The quantitative estimate of drug-likeness (QED) is 0.782. The van der Waals surface area contributed by atoms with E-state index in [-0.39, 0.29) is 5.78 Å². The average molecular weight is 247 g/mol. The number of Topliss-reactive ketones (excluding diaryl/α,β-unsaturated/α-hetero) is 1. The van der Waals surface area contributed by atoms with Crippen molar-refractivity contribution in [2.75, 3.05) is 0 Å². The van der Waals surface area contributed by atoms with Gasteiger partial charge in [-0.05, 0) is 30.7 Å². The van der Waals surface area contributed by atoms with Crippen molar-refractivity contribution in [2.24, 2.45) is 0 Å². The summed E-state index contributed by atoms with van der Waals surface area (Å²) < 4.78 is 0. The highest BCUT2D eigenvalue weighted by Gasteiger charge is 2.08. The molecule has 2 rings (SSSR count). The van der Waals surface area contributed by atoms with Gasteiger partial charge in [0.25, 0.3) is 0 Å². The Kier molecular flexibility index (Phi) is 3.49. The minimum absolute atomic E-state index is 0.0159. The maximum absolute atomic E-state index is 11.9. The summed E-state index contributed by atoms with van der Waals surface area (Å²) in [6, 6.07) is 8.86. The van der Waals surface area contributed by atoms with Crippen molar-refractivity contribution in [3.8, 4) is 0 Å². The zero-order valence-electron chi connectivity index (χ0n) is 9.35. The Bertz CT molecular complexity index is 537. The lowest BCUT2D eigenvalue weighted by atomic mass is 10.1. The van der Waals surface area contributed by atoms with Crippen LogP contribution in [-0.4, -0.2) is 15.8 Å². The van der Waals surface area contributed by atoms with Gasteiger partial charge < -0.3 is 0 Å². The van der Waals surface area contributed by atoms with Gasteiger partial charge in [-0.25, -0.2) is 9.97 Å². The first-order valence-electron chi connectivity index (χ1n) is 5.22. The molecule has 0 saturated carbocycles. The molecule has 0 atom stereocenters. The molecule has 1 heterocycles. The number of halogens is 1. The van der Waals surface area contributed by atoms with Crippen molar-refractivity contribution in [1.29, 1.82) is 0 Å². The number of hydrogen-bond donors (Lipinski definition) is 0. The fourth-order valence-corrected chi connectivity index (χ4v) is 1.62. The molecule has 0 saturated heterocycles. The number of ketones is 1. The van der Waals surface area contributed by atoms with E-state index in [1.54, 1.807) is 31.3 Å². The van der Waals surface area contributed by atoms with Crippen LogP contribution >= 0.6 is 11.6 Å². The molecule has 0 aliphatic heterocycles. The number of aryl methyl sites for hydroxylation is 1. The van der Waals surface area contributed by atoms with E-state index in [0.29, 0.717) is 23.0 Å². The van der Waals surface area contributed by atoms with Crippen molar-refractivity contribution in [3.63, 3.8) is 0 Å². The SMILES string of the molecule is Cc1nccc(C(=O)Cc2ccc(Cl)cc2)n1. The second-order valence-corrected chi connectivity index (χ2v) is 4.15. The molecule has 0 spiro atoms. The van der Waals surface area contributed by atoms with Crippen LogP contribution in [-0.2, 0) is 6.42 Å². The van der Waals surface area contributed by atoms with Crippen LogP contribution in [0.5, 0.6) is 0 Å². The first-order valence-corrected chi connectivity index (χ1v) is 5.60. The number of nitrogens with zero attached hydrogens (tertiary/aromatic N) is 2. The summed E-state index contributed by atoms with van der Waals surface area (Å²) in [5.41, 5.74) is 1.38. The lowest BCUT2D eigenvalue weighted by Crippen LogP contribution is -2.07. The topological polar surface area (TPSA) is 42.9 Å². The Balaban J connectivity index is 2.14. The zero-order valence-corrected chi connectivity index (χ0v) is 10.1. The number of carbonyl (C=O) groups excluding carboxylic acids is 1. The summed E-state index contributed by atoms with van der Waals surface area (Å²) in [5, 5.41) is 0.666. The minimum atomic E-state index is -0.0159. The van der Waals surface area contributed by atoms with Crippen LogP contribution in [0.4, 0.5) is 0 Å². The Morgan fingerprint density at radius 2 is 1.94 bits per heavy atom. The van der Waals surface area contributed by atoms with Gasteiger partial charge in [0, 0.05) is 17.6 Å². The van der Waals surface area contributed by atoms with E-state index in [2.05, 4.69) is 9.97 Å². The number of benzene rings is 1. The van der Waals surface area contributed by atoms with Crippen molar-refractivity contribution in [3.05, 3.63) is 58.6 Å². The van der Waals surface area contributed by atoms with Gasteiger partial charge in [0.05, 0.1) is 0 Å². The van der Waals surface area contributed by atoms with E-state index in [0.717, 1.165) is 5.56 Å². The van der Waals surface area contributed by atoms with Gasteiger partial charge in [0.15, 0.2) is 5.78 Å². The molecule has 0 unspecified atom stereocenters. The second-order valence-electron chi connectivity index (χ2n) is 3.72. The average Bonchev–Trinajstić information content (AvgIpc) is 2.32. The number of aromatic nitrogens is 2. The maximum atomic E-state index is 11.9. The zero-order chi connectivity index (χ0) is 12.3. The summed E-state index contributed by atoms with van der Waals surface area (Å²) in [6.45, 7) is 1.76. The first kappa shape index (κ1) is 11.7. The smallest absolute Gasteiger partial charge is 0.185 e. The molecule has 0 N–H and O–H groups in total. The third kappa shape index (κ3) is 3.11. The third-order valence-corrected chi connectivity index (χ3v) is 2.59. The van der Waals surface area contributed by atoms with Crippen molar-refractivity contribution in [1.82, 2.24) is 9.97 Å². The van der Waals surface area contributed by atoms with Crippen molar-refractivity contribution in [2.45, 2.75) is 13.3 Å². The maximum Gasteiger partial charge on any atom is 0.185 e. The lowest BCUT2D eigenvalue weighted by molar-refractivity contribution is 0.0988. The fraction of sp³-hybridized carbons (Fsp3) is 0.154. The number of rotatable bonds is 3. The van der Waals surface area contributed by atoms with Crippen LogP contribution in [0.3, 0.4) is 0 Å². The predicted octanol–water partition coefficient (Wildman–Crippen LogP) is 2.86. The Morgan fingerprint density at radius 3 is 2.59 bits per heavy atom. The molecule has 0 amide bonds. The van der Waals surface area contributed by atoms with Gasteiger partial charge in [-0.3, -0.25) is 4.79 Å². The predicted molar refractivity (Wildman–Crippen MR) is 66.3 cm³/mol. The summed E-state index contributed by atoms with van der Waals surface area (Å²) in [7, 11) is 0. The highest BCUT2D eigenvalue weighted by atomic mass is 35.5. The molecule has 4 heteroatoms. The van der Waals surface area contributed by atoms with Gasteiger partial charge >= 0.3 is 0 Å². The fourth-order valence-electron chi connectivity index (χ4n) is 1.49. The second kappa shape index (κ2) is 5.06. The van der Waals surface area contributed by atoms with Crippen LogP contribution in [0.2, 0.25) is 5.02 Å². The van der Waals surface area contributed by atoms with E-state index in [4.69, 9.17) is 11.6 Å². The molecule has 1 aromatic carbocycles. The van der Waals surface area contributed by atoms with Gasteiger partial charge in [0.1, 0.15) is 11.5 Å². The van der Waals surface area contributed by atoms with Crippen LogP contribution in [0.15, 0.2) is 36.5 Å². The Morgan fingerprint density at radius 1 is 1.24 bits per heavy atom. The van der Waals surface area contributed by atoms with Crippen LogP contribution in [0.25, 0.3) is 0 Å². The van der Waals surface area contributed by atoms with Gasteiger partial charge in [-0.1, -0.05) is 23.7 Å². The molecule has 2 aromatic rings. The standard InChI is InChI=1S/C13H11ClN2O/c1-9-15-7-6-12(16-9)13(17)8-10-2-4-11(14)5-3-10/h2-7H,8H2,1H3. The van der Waals surface area contributed by atoms with E-state index in [9.17, 15) is 4.79 Å². The van der Waals surface area contributed by atoms with Crippen molar-refractivity contribution >= 4 is 17.4 Å². The third-order valence-electron chi connectivity index (χ3n) is 2.34. The molecule has 0 radical (unpaired) electrons. The summed E-state index contributed by atoms with van der Waals surface area (Å²) >= 11 is 5.78. The number of carbonyl (C=O) groups is 1. The van der Waals surface area contributed by atoms with Crippen LogP contribution in [0, 0.1) is 6.92 Å². The van der Waals surface area contributed by atoms with E-state index >= 15 is 0 Å². The molecule has 86 valence electrons. The molecule has 0 fully saturated rings.